The maximum atomic E-state index is 13.1. The number of nitrogens with zero attached hydrogens (tertiary/aromatic N) is 2. The van der Waals surface area contributed by atoms with Crippen molar-refractivity contribution < 1.29 is 19.0 Å². The van der Waals surface area contributed by atoms with E-state index in [1.54, 1.807) is 12.4 Å². The third-order valence-electron chi connectivity index (χ3n) is 3.10. The molecule has 0 aliphatic carbocycles. The van der Waals surface area contributed by atoms with Gasteiger partial charge in [-0.2, -0.15) is 0 Å². The lowest BCUT2D eigenvalue weighted by Gasteiger charge is -2.12. The number of rotatable bonds is 2. The third kappa shape index (κ3) is 2.03. The van der Waals surface area contributed by atoms with Crippen molar-refractivity contribution in [1.82, 2.24) is 9.55 Å². The van der Waals surface area contributed by atoms with Gasteiger partial charge in [0, 0.05) is 12.5 Å². The van der Waals surface area contributed by atoms with E-state index in [1.165, 1.54) is 31.0 Å². The molecule has 0 amide bonds. The number of imidazole rings is 1. The molecule has 104 valence electrons. The molecule has 1 aliphatic rings. The van der Waals surface area contributed by atoms with Crippen LogP contribution in [0.1, 0.15) is 11.8 Å². The van der Waals surface area contributed by atoms with E-state index in [2.05, 4.69) is 9.72 Å². The first-order chi connectivity index (χ1) is 9.60. The monoisotopic (exact) mass is 294 g/mol. The van der Waals surface area contributed by atoms with Gasteiger partial charge in [-0.3, -0.25) is 0 Å². The highest BCUT2D eigenvalue weighted by Crippen LogP contribution is 2.45. The molecular formula is C13H11FN2O3S. The molecule has 0 radical (unpaired) electrons. The van der Waals surface area contributed by atoms with Crippen LogP contribution >= 0.6 is 11.8 Å². The quantitative estimate of drug-likeness (QED) is 0.863. The fourth-order valence-electron chi connectivity index (χ4n) is 2.15. The van der Waals surface area contributed by atoms with Crippen molar-refractivity contribution in [2.75, 3.05) is 7.11 Å². The van der Waals surface area contributed by atoms with Gasteiger partial charge < -0.3 is 14.4 Å². The fourth-order valence-corrected chi connectivity index (χ4v) is 3.35. The van der Waals surface area contributed by atoms with Gasteiger partial charge in [-0.15, -0.1) is 0 Å². The summed E-state index contributed by atoms with van der Waals surface area (Å²) in [7, 11) is 1.27. The van der Waals surface area contributed by atoms with E-state index in [4.69, 9.17) is 0 Å². The Labute approximate surface area is 118 Å². The molecule has 20 heavy (non-hydrogen) atoms. The number of hydrogen-bond donors (Lipinski definition) is 1. The maximum absolute atomic E-state index is 13.1. The zero-order chi connectivity index (χ0) is 14.3. The van der Waals surface area contributed by atoms with E-state index in [0.717, 1.165) is 5.52 Å². The topological polar surface area (TPSA) is 64.3 Å². The van der Waals surface area contributed by atoms with E-state index in [0.29, 0.717) is 11.9 Å². The molecule has 2 aromatic rings. The second-order valence-corrected chi connectivity index (χ2v) is 5.52. The first-order valence-corrected chi connectivity index (χ1v) is 6.77. The number of aliphatic hydroxyl groups is 1. The highest BCUT2D eigenvalue weighted by atomic mass is 32.2. The molecule has 1 N–H and O–H groups in total. The molecule has 1 atom stereocenters. The van der Waals surface area contributed by atoms with Crippen molar-refractivity contribution in [1.29, 1.82) is 0 Å². The molecule has 1 aliphatic heterocycles. The minimum absolute atomic E-state index is 0.0100. The Morgan fingerprint density at radius 2 is 2.40 bits per heavy atom. The van der Waals surface area contributed by atoms with Gasteiger partial charge in [0.05, 0.1) is 29.8 Å². The second-order valence-electron chi connectivity index (χ2n) is 4.33. The van der Waals surface area contributed by atoms with Gasteiger partial charge in [-0.05, 0) is 12.1 Å². The average Bonchev–Trinajstić information content (AvgIpc) is 3.00. The van der Waals surface area contributed by atoms with Gasteiger partial charge in [-0.25, -0.2) is 14.2 Å². The second kappa shape index (κ2) is 4.82. The number of aliphatic hydroxyl groups excluding tert-OH is 1. The van der Waals surface area contributed by atoms with Crippen LogP contribution in [0.25, 0.3) is 11.0 Å². The zero-order valence-corrected chi connectivity index (χ0v) is 11.4. The highest BCUT2D eigenvalue weighted by molar-refractivity contribution is 8.04. The highest BCUT2D eigenvalue weighted by Gasteiger charge is 2.31. The van der Waals surface area contributed by atoms with E-state index in [9.17, 15) is 14.3 Å². The lowest BCUT2D eigenvalue weighted by atomic mass is 10.3. The fraction of sp³-hybridized carbons (Fsp3) is 0.231. The van der Waals surface area contributed by atoms with Crippen molar-refractivity contribution in [3.63, 3.8) is 0 Å². The summed E-state index contributed by atoms with van der Waals surface area (Å²) in [6.07, 6.45) is 1.88. The summed E-state index contributed by atoms with van der Waals surface area (Å²) in [6.45, 7) is 0. The first-order valence-electron chi connectivity index (χ1n) is 5.89. The summed E-state index contributed by atoms with van der Waals surface area (Å²) in [5, 5.41) is 9.65. The van der Waals surface area contributed by atoms with Gasteiger partial charge in [-0.1, -0.05) is 11.8 Å². The molecule has 0 saturated heterocycles. The molecule has 0 spiro atoms. The van der Waals surface area contributed by atoms with Crippen LogP contribution in [-0.4, -0.2) is 27.7 Å². The largest absolute Gasteiger partial charge is 0.511 e. The molecule has 1 unspecified atom stereocenters. The number of hydrogen-bond acceptors (Lipinski definition) is 5. The van der Waals surface area contributed by atoms with Crippen LogP contribution in [0.15, 0.2) is 35.2 Å². The first kappa shape index (κ1) is 13.0. The molecule has 1 aromatic heterocycles. The zero-order valence-electron chi connectivity index (χ0n) is 10.5. The van der Waals surface area contributed by atoms with Crippen LogP contribution in [0, 0.1) is 5.82 Å². The smallest absolute Gasteiger partial charge is 0.347 e. The number of aromatic nitrogens is 2. The number of allylic oxidation sites excluding steroid dienone is 1. The molecule has 7 heteroatoms. The predicted octanol–water partition coefficient (Wildman–Crippen LogP) is 2.75. The molecule has 0 bridgehead atoms. The minimum Gasteiger partial charge on any atom is -0.511 e. The normalized spacial score (nSPS) is 18.8. The van der Waals surface area contributed by atoms with E-state index >= 15 is 0 Å². The summed E-state index contributed by atoms with van der Waals surface area (Å²) < 4.78 is 19.6. The average molecular weight is 294 g/mol. The van der Waals surface area contributed by atoms with Crippen molar-refractivity contribution >= 4 is 28.8 Å². The molecule has 0 saturated carbocycles. The lowest BCUT2D eigenvalue weighted by Crippen LogP contribution is -2.03. The van der Waals surface area contributed by atoms with Gasteiger partial charge >= 0.3 is 5.97 Å². The number of methoxy groups -OCH3 is 1. The standard InChI is InChI=1S/C13H11FN2O3S/c1-19-13(18)12-10(17)5-11(20-12)16-6-15-8-4-7(14)2-3-9(8)16/h2-4,6,11,17H,5H2,1H3. The van der Waals surface area contributed by atoms with Crippen molar-refractivity contribution in [2.24, 2.45) is 0 Å². The Bertz CT molecular complexity index is 725. The molecule has 2 heterocycles. The summed E-state index contributed by atoms with van der Waals surface area (Å²) >= 11 is 1.21. The Morgan fingerprint density at radius 1 is 1.60 bits per heavy atom. The Morgan fingerprint density at radius 3 is 3.15 bits per heavy atom. The van der Waals surface area contributed by atoms with Crippen molar-refractivity contribution in [3.8, 4) is 0 Å². The Hall–Kier alpha value is -2.02. The summed E-state index contributed by atoms with van der Waals surface area (Å²) in [4.78, 5) is 15.9. The van der Waals surface area contributed by atoms with E-state index in [-0.39, 0.29) is 21.9 Å². The van der Waals surface area contributed by atoms with Crippen molar-refractivity contribution in [2.45, 2.75) is 11.8 Å². The number of carbonyl (C=O) groups excluding carboxylic acids is 1. The van der Waals surface area contributed by atoms with Crippen LogP contribution in [0.2, 0.25) is 0 Å². The third-order valence-corrected chi connectivity index (χ3v) is 4.41. The van der Waals surface area contributed by atoms with Crippen LogP contribution in [0.5, 0.6) is 0 Å². The Balaban J connectivity index is 1.93. The van der Waals surface area contributed by atoms with Gasteiger partial charge in [0.1, 0.15) is 16.5 Å². The molecule has 1 aromatic carbocycles. The van der Waals surface area contributed by atoms with Gasteiger partial charge in [0.15, 0.2) is 0 Å². The SMILES string of the molecule is COC(=O)C1=C(O)CC(n2cnc3cc(F)ccc32)S1. The molecule has 3 rings (SSSR count). The number of carbonyl (C=O) groups is 1. The number of benzene rings is 1. The van der Waals surface area contributed by atoms with Gasteiger partial charge in [0.2, 0.25) is 0 Å². The lowest BCUT2D eigenvalue weighted by molar-refractivity contribution is -0.135. The number of ether oxygens (including phenoxy) is 1. The van der Waals surface area contributed by atoms with E-state index in [1.807, 2.05) is 4.57 Å². The number of fused-ring (bicyclic) bond motifs is 1. The van der Waals surface area contributed by atoms with Crippen LogP contribution in [0.3, 0.4) is 0 Å². The summed E-state index contributed by atoms with van der Waals surface area (Å²) in [6, 6.07) is 4.33. The summed E-state index contributed by atoms with van der Waals surface area (Å²) in [5.74, 6) is -0.890. The van der Waals surface area contributed by atoms with Crippen LogP contribution in [-0.2, 0) is 9.53 Å². The summed E-state index contributed by atoms with van der Waals surface area (Å²) in [5.41, 5.74) is 1.29. The molecular weight excluding hydrogens is 283 g/mol. The molecule has 0 fully saturated rings. The van der Waals surface area contributed by atoms with E-state index < -0.39 is 5.97 Å². The number of esters is 1. The Kier molecular flexibility index (Phi) is 3.13. The van der Waals surface area contributed by atoms with Crippen LogP contribution in [0.4, 0.5) is 4.39 Å². The minimum atomic E-state index is -0.550. The number of halogens is 1. The van der Waals surface area contributed by atoms with Gasteiger partial charge in [0.25, 0.3) is 0 Å². The molecule has 5 nitrogen and oxygen atoms in total. The predicted molar refractivity (Wildman–Crippen MR) is 72.6 cm³/mol. The van der Waals surface area contributed by atoms with Crippen LogP contribution < -0.4 is 0 Å². The maximum Gasteiger partial charge on any atom is 0.347 e. The number of thioether (sulfide) groups is 1. The van der Waals surface area contributed by atoms with Crippen molar-refractivity contribution in [3.05, 3.63) is 41.0 Å².